The lowest BCUT2D eigenvalue weighted by atomic mass is 9.60. The van der Waals surface area contributed by atoms with E-state index in [0.29, 0.717) is 11.5 Å². The van der Waals surface area contributed by atoms with Gasteiger partial charge in [0.05, 0.1) is 6.04 Å². The summed E-state index contributed by atoms with van der Waals surface area (Å²) in [4.78, 5) is 2.63. The highest BCUT2D eigenvalue weighted by Crippen LogP contribution is 2.53. The molecule has 2 N–H and O–H groups in total. The van der Waals surface area contributed by atoms with Crippen molar-refractivity contribution in [3.63, 3.8) is 0 Å². The van der Waals surface area contributed by atoms with E-state index in [4.69, 9.17) is 5.73 Å². The number of hydrogen-bond acceptors (Lipinski definition) is 3. The van der Waals surface area contributed by atoms with Crippen molar-refractivity contribution in [3.8, 4) is 0 Å². The van der Waals surface area contributed by atoms with Crippen LogP contribution in [-0.4, -0.2) is 40.9 Å². The number of aromatic nitrogens is 2. The summed E-state index contributed by atoms with van der Waals surface area (Å²) in [5.41, 5.74) is 6.30. The summed E-state index contributed by atoms with van der Waals surface area (Å²) in [5.74, 6) is 0.796. The van der Waals surface area contributed by atoms with Crippen LogP contribution in [-0.2, 0) is 0 Å². The summed E-state index contributed by atoms with van der Waals surface area (Å²) in [5, 5.41) is 4.36. The molecule has 0 bridgehead atoms. The predicted molar refractivity (Wildman–Crippen MR) is 88.2 cm³/mol. The molecule has 0 radical (unpaired) electrons. The van der Waals surface area contributed by atoms with Gasteiger partial charge in [0.25, 0.3) is 0 Å². The van der Waals surface area contributed by atoms with Gasteiger partial charge in [0.1, 0.15) is 0 Å². The first kappa shape index (κ1) is 16.5. The van der Waals surface area contributed by atoms with Crippen molar-refractivity contribution in [1.82, 2.24) is 14.7 Å². The molecule has 4 heteroatoms. The van der Waals surface area contributed by atoms with E-state index >= 15 is 0 Å². The standard InChI is InChI=1S/C15H26N4.C2H6/c1-2-13(4-5-16)10-18-11-15(12-18)8-14(9-15)19-7-3-6-17-19;1-2/h3,6-7,13-14H,2,4-5,8-12,16H2,1H3;1-2H3. The van der Waals surface area contributed by atoms with E-state index < -0.39 is 0 Å². The third-order valence-electron chi connectivity index (χ3n) is 5.02. The maximum absolute atomic E-state index is 5.67. The van der Waals surface area contributed by atoms with Crippen molar-refractivity contribution in [3.05, 3.63) is 18.5 Å². The molecule has 2 aliphatic rings. The molecule has 1 atom stereocenters. The first-order valence-electron chi connectivity index (χ1n) is 8.66. The molecule has 1 aromatic rings. The smallest absolute Gasteiger partial charge is 0.0531 e. The van der Waals surface area contributed by atoms with Crippen LogP contribution in [0.5, 0.6) is 0 Å². The van der Waals surface area contributed by atoms with Crippen LogP contribution in [0.15, 0.2) is 18.5 Å². The summed E-state index contributed by atoms with van der Waals surface area (Å²) in [7, 11) is 0. The van der Waals surface area contributed by atoms with Gasteiger partial charge in [-0.3, -0.25) is 4.68 Å². The van der Waals surface area contributed by atoms with Crippen molar-refractivity contribution in [2.45, 2.75) is 52.5 Å². The maximum Gasteiger partial charge on any atom is 0.0531 e. The average Bonchev–Trinajstić information content (AvgIpc) is 2.94. The Morgan fingerprint density at radius 3 is 2.57 bits per heavy atom. The van der Waals surface area contributed by atoms with Gasteiger partial charge in [0, 0.05) is 32.0 Å². The van der Waals surface area contributed by atoms with E-state index in [2.05, 4.69) is 27.8 Å². The number of rotatable bonds is 6. The molecule has 2 heterocycles. The number of hydrogen-bond donors (Lipinski definition) is 1. The van der Waals surface area contributed by atoms with E-state index in [-0.39, 0.29) is 0 Å². The SMILES string of the molecule is CC.CCC(CCN)CN1CC2(CC(n3cccn3)C2)C1. The van der Waals surface area contributed by atoms with Crippen LogP contribution in [0.3, 0.4) is 0 Å². The normalized spacial score (nSPS) is 22.1. The zero-order valence-electron chi connectivity index (χ0n) is 14.0. The molecule has 21 heavy (non-hydrogen) atoms. The molecular formula is C17H32N4. The molecule has 4 nitrogen and oxygen atoms in total. The minimum atomic E-state index is 0.623. The molecule has 1 saturated heterocycles. The van der Waals surface area contributed by atoms with E-state index in [1.54, 1.807) is 0 Å². The fourth-order valence-corrected chi connectivity index (χ4v) is 3.94. The monoisotopic (exact) mass is 292 g/mol. The topological polar surface area (TPSA) is 47.1 Å². The molecule has 120 valence electrons. The summed E-state index contributed by atoms with van der Waals surface area (Å²) in [6.45, 7) is 11.0. The molecule has 1 aromatic heterocycles. The minimum Gasteiger partial charge on any atom is -0.330 e. The Morgan fingerprint density at radius 1 is 1.33 bits per heavy atom. The van der Waals surface area contributed by atoms with Gasteiger partial charge in [-0.1, -0.05) is 27.2 Å². The second-order valence-electron chi connectivity index (χ2n) is 6.57. The summed E-state index contributed by atoms with van der Waals surface area (Å²) in [6.07, 6.45) is 9.06. The maximum atomic E-state index is 5.67. The van der Waals surface area contributed by atoms with E-state index in [1.807, 2.05) is 26.1 Å². The quantitative estimate of drug-likeness (QED) is 0.877. The van der Waals surface area contributed by atoms with Crippen molar-refractivity contribution < 1.29 is 0 Å². The van der Waals surface area contributed by atoms with Crippen LogP contribution in [0.25, 0.3) is 0 Å². The van der Waals surface area contributed by atoms with Crippen LogP contribution in [0.1, 0.15) is 52.5 Å². The average molecular weight is 292 g/mol. The Labute approximate surface area is 129 Å². The Balaban J connectivity index is 0.000000774. The largest absolute Gasteiger partial charge is 0.330 e. The van der Waals surface area contributed by atoms with Crippen LogP contribution >= 0.6 is 0 Å². The second-order valence-corrected chi connectivity index (χ2v) is 6.57. The van der Waals surface area contributed by atoms with Gasteiger partial charge in [-0.15, -0.1) is 0 Å². The van der Waals surface area contributed by atoms with Crippen molar-refractivity contribution in [1.29, 1.82) is 0 Å². The molecule has 1 unspecified atom stereocenters. The molecule has 2 fully saturated rings. The lowest BCUT2D eigenvalue weighted by molar-refractivity contribution is -0.0968. The summed E-state index contributed by atoms with van der Waals surface area (Å²) < 4.78 is 2.14. The second kappa shape index (κ2) is 7.41. The molecule has 1 aliphatic carbocycles. The Bertz CT molecular complexity index is 387. The van der Waals surface area contributed by atoms with E-state index in [0.717, 1.165) is 12.5 Å². The molecule has 0 amide bonds. The highest BCUT2D eigenvalue weighted by Gasteiger charge is 2.52. The van der Waals surface area contributed by atoms with Crippen LogP contribution in [0.2, 0.25) is 0 Å². The first-order chi connectivity index (χ1) is 10.2. The zero-order valence-corrected chi connectivity index (χ0v) is 14.0. The molecule has 3 rings (SSSR count). The molecule has 1 aliphatic heterocycles. The lowest BCUT2D eigenvalue weighted by Gasteiger charge is -2.59. The number of likely N-dealkylation sites (tertiary alicyclic amines) is 1. The Hall–Kier alpha value is -0.870. The molecular weight excluding hydrogens is 260 g/mol. The van der Waals surface area contributed by atoms with Crippen LogP contribution < -0.4 is 5.73 Å². The van der Waals surface area contributed by atoms with Gasteiger partial charge in [-0.25, -0.2) is 0 Å². The van der Waals surface area contributed by atoms with Gasteiger partial charge in [0.15, 0.2) is 0 Å². The molecule has 1 spiro atoms. The molecule has 1 saturated carbocycles. The van der Waals surface area contributed by atoms with Gasteiger partial charge >= 0.3 is 0 Å². The minimum absolute atomic E-state index is 0.623. The molecule has 0 aromatic carbocycles. The van der Waals surface area contributed by atoms with Gasteiger partial charge < -0.3 is 10.6 Å². The number of nitrogens with two attached hydrogens (primary N) is 1. The van der Waals surface area contributed by atoms with Crippen molar-refractivity contribution >= 4 is 0 Å². The highest BCUT2D eigenvalue weighted by atomic mass is 15.3. The highest BCUT2D eigenvalue weighted by molar-refractivity contribution is 5.06. The summed E-state index contributed by atoms with van der Waals surface area (Å²) >= 11 is 0. The van der Waals surface area contributed by atoms with Crippen molar-refractivity contribution in [2.75, 3.05) is 26.2 Å². The van der Waals surface area contributed by atoms with E-state index in [1.165, 1.54) is 45.3 Å². The van der Waals surface area contributed by atoms with Crippen LogP contribution in [0, 0.1) is 11.3 Å². The van der Waals surface area contributed by atoms with Gasteiger partial charge in [-0.2, -0.15) is 5.10 Å². The number of nitrogens with zero attached hydrogens (tertiary/aromatic N) is 3. The van der Waals surface area contributed by atoms with Gasteiger partial charge in [-0.05, 0) is 43.2 Å². The fourth-order valence-electron chi connectivity index (χ4n) is 3.94. The Kier molecular flexibility index (Phi) is 5.82. The van der Waals surface area contributed by atoms with Crippen LogP contribution in [0.4, 0.5) is 0 Å². The Morgan fingerprint density at radius 2 is 2.05 bits per heavy atom. The third-order valence-corrected chi connectivity index (χ3v) is 5.02. The summed E-state index contributed by atoms with van der Waals surface area (Å²) in [6, 6.07) is 2.68. The fraction of sp³-hybridized carbons (Fsp3) is 0.824. The van der Waals surface area contributed by atoms with E-state index in [9.17, 15) is 0 Å². The van der Waals surface area contributed by atoms with Gasteiger partial charge in [0.2, 0.25) is 0 Å². The zero-order chi connectivity index (χ0) is 15.3. The van der Waals surface area contributed by atoms with Crippen molar-refractivity contribution in [2.24, 2.45) is 17.1 Å². The lowest BCUT2D eigenvalue weighted by Crippen LogP contribution is -2.63. The third kappa shape index (κ3) is 3.67. The first-order valence-corrected chi connectivity index (χ1v) is 8.66. The predicted octanol–water partition coefficient (Wildman–Crippen LogP) is 2.92.